The van der Waals surface area contributed by atoms with Gasteiger partial charge >= 0.3 is 6.18 Å². The fourth-order valence-corrected chi connectivity index (χ4v) is 6.88. The molecule has 2 saturated carbocycles. The molecule has 0 radical (unpaired) electrons. The smallest absolute Gasteiger partial charge is 0.396 e. The number of rotatable bonds is 11. The summed E-state index contributed by atoms with van der Waals surface area (Å²) in [6.07, 6.45) is 8.50. The Balaban J connectivity index is 1.24. The maximum absolute atomic E-state index is 13.0. The molecule has 0 aliphatic heterocycles. The zero-order valence-corrected chi connectivity index (χ0v) is 24.5. The molecule has 0 atom stereocenters. The van der Waals surface area contributed by atoms with Gasteiger partial charge in [0.05, 0.1) is 28.9 Å². The number of pyridine rings is 1. The van der Waals surface area contributed by atoms with Crippen LogP contribution in [0.15, 0.2) is 49.2 Å². The van der Waals surface area contributed by atoms with Crippen LogP contribution < -0.4 is 10.6 Å². The van der Waals surface area contributed by atoms with E-state index in [9.17, 15) is 26.7 Å². The standard InChI is InChI=1S/C28H32F3N9O3S/c29-28(30,31)17-39-11-8-23(38-39)22-15-33-26(13-24(22)35-20-3-1-18(2-4-20)9-12-41)36-25-7-10-32-27(37-25)19-14-34-40(16-19)44(42,43)21-5-6-21/h7-8,10-11,13-16,18,20-21,41H,1-6,9,12,17H2,(H2,32,33,35,36,37). The predicted octanol–water partition coefficient (Wildman–Crippen LogP) is 4.60. The summed E-state index contributed by atoms with van der Waals surface area (Å²) in [7, 11) is -3.53. The van der Waals surface area contributed by atoms with Gasteiger partial charge in [-0.05, 0) is 63.0 Å². The highest BCUT2D eigenvalue weighted by Gasteiger charge is 2.37. The van der Waals surface area contributed by atoms with E-state index in [2.05, 4.69) is 35.8 Å². The molecule has 16 heteroatoms. The number of hydrogen-bond donors (Lipinski definition) is 3. The fraction of sp³-hybridized carbons (Fsp3) is 0.464. The molecule has 2 aliphatic rings. The van der Waals surface area contributed by atoms with E-state index in [4.69, 9.17) is 0 Å². The molecule has 0 spiro atoms. The lowest BCUT2D eigenvalue weighted by Crippen LogP contribution is -2.26. The molecule has 234 valence electrons. The SMILES string of the molecule is O=S(=O)(C1CC1)n1cc(-c2nccc(Nc3cc(NC4CCC(CCO)CC4)c(-c4ccn(CC(F)(F)F)n4)cn3)n2)cn1. The van der Waals surface area contributed by atoms with Gasteiger partial charge in [-0.3, -0.25) is 4.68 Å². The van der Waals surface area contributed by atoms with E-state index < -0.39 is 28.0 Å². The van der Waals surface area contributed by atoms with Crippen LogP contribution in [0.3, 0.4) is 0 Å². The maximum atomic E-state index is 13.0. The summed E-state index contributed by atoms with van der Waals surface area (Å²) in [4.78, 5) is 13.3. The van der Waals surface area contributed by atoms with Gasteiger partial charge in [0.2, 0.25) is 0 Å². The molecule has 2 fully saturated rings. The molecule has 0 aromatic carbocycles. The molecule has 0 unspecified atom stereocenters. The van der Waals surface area contributed by atoms with Crippen LogP contribution in [0.4, 0.5) is 30.5 Å². The second-order valence-corrected chi connectivity index (χ2v) is 13.3. The zero-order chi connectivity index (χ0) is 30.9. The van der Waals surface area contributed by atoms with Gasteiger partial charge in [-0.2, -0.15) is 27.5 Å². The van der Waals surface area contributed by atoms with Crippen molar-refractivity contribution < 1.29 is 26.7 Å². The third-order valence-corrected chi connectivity index (χ3v) is 9.88. The lowest BCUT2D eigenvalue weighted by molar-refractivity contribution is -0.142. The average molecular weight is 632 g/mol. The van der Waals surface area contributed by atoms with E-state index in [1.54, 1.807) is 18.3 Å². The van der Waals surface area contributed by atoms with Crippen LogP contribution in [0.1, 0.15) is 44.9 Å². The second kappa shape index (κ2) is 12.1. The molecule has 0 amide bonds. The van der Waals surface area contributed by atoms with Crippen molar-refractivity contribution in [1.82, 2.24) is 33.9 Å². The van der Waals surface area contributed by atoms with Crippen LogP contribution in [-0.2, 0) is 16.6 Å². The highest BCUT2D eigenvalue weighted by Crippen LogP contribution is 2.34. The van der Waals surface area contributed by atoms with Crippen molar-refractivity contribution in [2.45, 2.75) is 69.0 Å². The van der Waals surface area contributed by atoms with Crippen molar-refractivity contribution in [3.05, 3.63) is 49.2 Å². The molecule has 0 saturated heterocycles. The van der Waals surface area contributed by atoms with Crippen LogP contribution in [-0.4, -0.2) is 71.5 Å². The van der Waals surface area contributed by atoms with Gasteiger partial charge in [0.25, 0.3) is 10.0 Å². The number of aromatic nitrogens is 7. The largest absolute Gasteiger partial charge is 0.408 e. The Morgan fingerprint density at radius 1 is 1.02 bits per heavy atom. The quantitative estimate of drug-likeness (QED) is 0.214. The predicted molar refractivity (Wildman–Crippen MR) is 156 cm³/mol. The number of aliphatic hydroxyl groups excluding tert-OH is 1. The number of anilines is 3. The Morgan fingerprint density at radius 2 is 1.82 bits per heavy atom. The van der Waals surface area contributed by atoms with Crippen LogP contribution in [0.25, 0.3) is 22.6 Å². The molecule has 2 aliphatic carbocycles. The van der Waals surface area contributed by atoms with E-state index >= 15 is 0 Å². The molecule has 4 heterocycles. The molecule has 6 rings (SSSR count). The number of aliphatic hydroxyl groups is 1. The Labute approximate surface area is 251 Å². The van der Waals surface area contributed by atoms with E-state index in [1.807, 2.05) is 0 Å². The maximum Gasteiger partial charge on any atom is 0.408 e. The second-order valence-electron chi connectivity index (χ2n) is 11.2. The minimum Gasteiger partial charge on any atom is -0.396 e. The van der Waals surface area contributed by atoms with Crippen LogP contribution >= 0.6 is 0 Å². The molecule has 4 aromatic heterocycles. The Morgan fingerprint density at radius 3 is 2.55 bits per heavy atom. The Bertz CT molecular complexity index is 1710. The van der Waals surface area contributed by atoms with Crippen molar-refractivity contribution >= 4 is 27.3 Å². The van der Waals surface area contributed by atoms with E-state index in [0.29, 0.717) is 52.9 Å². The van der Waals surface area contributed by atoms with Gasteiger partial charge in [0.15, 0.2) is 5.82 Å². The zero-order valence-electron chi connectivity index (χ0n) is 23.7. The van der Waals surface area contributed by atoms with Gasteiger partial charge in [-0.25, -0.2) is 23.4 Å². The van der Waals surface area contributed by atoms with Gasteiger partial charge in [-0.1, -0.05) is 0 Å². The summed E-state index contributed by atoms with van der Waals surface area (Å²) in [6, 6.07) is 5.06. The van der Waals surface area contributed by atoms with Crippen molar-refractivity contribution in [3.63, 3.8) is 0 Å². The summed E-state index contributed by atoms with van der Waals surface area (Å²) in [5, 5.41) is 23.7. The first-order valence-corrected chi connectivity index (χ1v) is 16.0. The number of alkyl halides is 3. The van der Waals surface area contributed by atoms with Gasteiger partial charge in [0, 0.05) is 48.6 Å². The van der Waals surface area contributed by atoms with Crippen molar-refractivity contribution in [1.29, 1.82) is 0 Å². The summed E-state index contributed by atoms with van der Waals surface area (Å²) in [5.74, 6) is 1.57. The summed E-state index contributed by atoms with van der Waals surface area (Å²) in [6.45, 7) is -1.03. The van der Waals surface area contributed by atoms with Crippen molar-refractivity contribution in [2.24, 2.45) is 5.92 Å². The lowest BCUT2D eigenvalue weighted by Gasteiger charge is -2.30. The average Bonchev–Trinajstić information content (AvgIpc) is 3.56. The van der Waals surface area contributed by atoms with Crippen LogP contribution in [0.5, 0.6) is 0 Å². The number of nitrogens with zero attached hydrogens (tertiary/aromatic N) is 7. The minimum atomic E-state index is -4.40. The Hall–Kier alpha value is -4.05. The lowest BCUT2D eigenvalue weighted by atomic mass is 9.84. The number of hydrogen-bond acceptors (Lipinski definition) is 10. The van der Waals surface area contributed by atoms with Gasteiger partial charge in [0.1, 0.15) is 18.2 Å². The first-order valence-electron chi connectivity index (χ1n) is 14.4. The molecular formula is C28H32F3N9O3S. The van der Waals surface area contributed by atoms with Crippen LogP contribution in [0.2, 0.25) is 0 Å². The molecular weight excluding hydrogens is 599 g/mol. The molecule has 12 nitrogen and oxygen atoms in total. The summed E-state index contributed by atoms with van der Waals surface area (Å²) < 4.78 is 65.8. The van der Waals surface area contributed by atoms with E-state index in [-0.39, 0.29) is 18.5 Å². The molecule has 0 bridgehead atoms. The molecule has 4 aromatic rings. The highest BCUT2D eigenvalue weighted by atomic mass is 32.2. The third-order valence-electron chi connectivity index (χ3n) is 7.84. The van der Waals surface area contributed by atoms with Crippen molar-refractivity contribution in [3.8, 4) is 22.6 Å². The van der Waals surface area contributed by atoms with E-state index in [1.165, 1.54) is 30.9 Å². The van der Waals surface area contributed by atoms with Gasteiger partial charge < -0.3 is 15.7 Å². The first-order chi connectivity index (χ1) is 21.1. The van der Waals surface area contributed by atoms with E-state index in [0.717, 1.165) is 40.9 Å². The molecule has 3 N–H and O–H groups in total. The summed E-state index contributed by atoms with van der Waals surface area (Å²) >= 11 is 0. The summed E-state index contributed by atoms with van der Waals surface area (Å²) in [5.41, 5.74) is 2.01. The normalized spacial score (nSPS) is 19.2. The van der Waals surface area contributed by atoms with Crippen molar-refractivity contribution in [2.75, 3.05) is 17.2 Å². The number of halogens is 3. The van der Waals surface area contributed by atoms with Gasteiger partial charge in [-0.15, -0.1) is 0 Å². The topological polar surface area (TPSA) is 153 Å². The monoisotopic (exact) mass is 631 g/mol. The number of nitrogens with one attached hydrogen (secondary N) is 2. The van der Waals surface area contributed by atoms with Crippen LogP contribution in [0, 0.1) is 5.92 Å². The first kappa shape index (κ1) is 30.0. The fourth-order valence-electron chi connectivity index (χ4n) is 5.40. The highest BCUT2D eigenvalue weighted by molar-refractivity contribution is 7.90. The molecule has 44 heavy (non-hydrogen) atoms. The third kappa shape index (κ3) is 7.01. The minimum absolute atomic E-state index is 0.130. The Kier molecular flexibility index (Phi) is 8.28.